The van der Waals surface area contributed by atoms with Gasteiger partial charge >= 0.3 is 0 Å². The summed E-state index contributed by atoms with van der Waals surface area (Å²) in [5.41, 5.74) is 3.29. The van der Waals surface area contributed by atoms with Crippen LogP contribution in [0.1, 0.15) is 33.7 Å². The number of carbonyl (C=O) groups excluding carboxylic acids is 1. The minimum absolute atomic E-state index is 0.0701. The van der Waals surface area contributed by atoms with Crippen LogP contribution >= 0.6 is 0 Å². The van der Waals surface area contributed by atoms with Crippen LogP contribution in [0.25, 0.3) is 10.9 Å². The largest absolute Gasteiger partial charge is 0.372 e. The molecule has 2 aromatic heterocycles. The molecule has 11 heteroatoms. The van der Waals surface area contributed by atoms with E-state index in [0.717, 1.165) is 22.2 Å². The number of aromatic amines is 2. The lowest BCUT2D eigenvalue weighted by Gasteiger charge is -2.28. The first-order valence-corrected chi connectivity index (χ1v) is 11.1. The lowest BCUT2D eigenvalue weighted by atomic mass is 10.0. The van der Waals surface area contributed by atoms with Crippen molar-refractivity contribution in [2.45, 2.75) is 19.2 Å². The fourth-order valence-electron chi connectivity index (χ4n) is 3.65. The molecule has 0 radical (unpaired) electrons. The number of rotatable bonds is 6. The van der Waals surface area contributed by atoms with Gasteiger partial charge in [-0.1, -0.05) is 18.2 Å². The zero-order chi connectivity index (χ0) is 21.5. The standard InChI is InChI=1S/C19H23N5O5S/c1-23(8-9-30(27,28)29)19(26)17-13-11-24(7-6-15(13)21-22-17)18(25)16-10-12-4-2-3-5-14(12)20-16/h2-5,10,19-20,26H,6-9,11H2,1H3,(H,21,22)(H,27,28,29). The number of carbonyl (C=O) groups is 1. The van der Waals surface area contributed by atoms with E-state index in [0.29, 0.717) is 24.4 Å². The molecule has 160 valence electrons. The van der Waals surface area contributed by atoms with E-state index in [2.05, 4.69) is 15.2 Å². The molecule has 0 bridgehead atoms. The van der Waals surface area contributed by atoms with Gasteiger partial charge in [0.05, 0.1) is 5.75 Å². The Bertz CT molecular complexity index is 1150. The molecule has 1 aromatic carbocycles. The van der Waals surface area contributed by atoms with Gasteiger partial charge in [0.25, 0.3) is 16.0 Å². The van der Waals surface area contributed by atoms with Crippen molar-refractivity contribution in [2.75, 3.05) is 25.9 Å². The van der Waals surface area contributed by atoms with Crippen molar-refractivity contribution in [3.8, 4) is 0 Å². The lowest BCUT2D eigenvalue weighted by molar-refractivity contribution is 0.0198. The number of aromatic nitrogens is 3. The fraction of sp³-hybridized carbons (Fsp3) is 0.368. The highest BCUT2D eigenvalue weighted by Crippen LogP contribution is 2.27. The Morgan fingerprint density at radius 3 is 2.87 bits per heavy atom. The molecule has 1 aliphatic rings. The Morgan fingerprint density at radius 1 is 1.37 bits per heavy atom. The van der Waals surface area contributed by atoms with Crippen LogP contribution in [0, 0.1) is 0 Å². The molecule has 0 fully saturated rings. The monoisotopic (exact) mass is 433 g/mol. The summed E-state index contributed by atoms with van der Waals surface area (Å²) >= 11 is 0. The molecule has 3 aromatic rings. The Labute approximate surface area is 173 Å². The van der Waals surface area contributed by atoms with Gasteiger partial charge in [-0.3, -0.25) is 19.3 Å². The molecule has 4 rings (SSSR count). The van der Waals surface area contributed by atoms with Gasteiger partial charge in [-0.15, -0.1) is 0 Å². The van der Waals surface area contributed by atoms with Crippen LogP contribution in [-0.2, 0) is 23.1 Å². The number of hydrogen-bond acceptors (Lipinski definition) is 6. The Hall–Kier alpha value is -2.73. The summed E-state index contributed by atoms with van der Waals surface area (Å²) in [4.78, 5) is 19.2. The molecule has 1 aliphatic heterocycles. The van der Waals surface area contributed by atoms with Gasteiger partial charge in [-0.25, -0.2) is 0 Å². The molecule has 3 heterocycles. The van der Waals surface area contributed by atoms with Crippen LogP contribution in [-0.4, -0.2) is 74.9 Å². The number of H-pyrrole nitrogens is 2. The zero-order valence-corrected chi connectivity index (χ0v) is 17.2. The van der Waals surface area contributed by atoms with Crippen LogP contribution in [0.4, 0.5) is 0 Å². The van der Waals surface area contributed by atoms with E-state index in [9.17, 15) is 18.3 Å². The number of para-hydroxylation sites is 1. The second kappa shape index (κ2) is 7.84. The Balaban J connectivity index is 1.52. The van der Waals surface area contributed by atoms with Crippen LogP contribution in [0.5, 0.6) is 0 Å². The van der Waals surface area contributed by atoms with Crippen LogP contribution in [0.3, 0.4) is 0 Å². The van der Waals surface area contributed by atoms with Crippen molar-refractivity contribution < 1.29 is 22.9 Å². The number of nitrogens with one attached hydrogen (secondary N) is 2. The van der Waals surface area contributed by atoms with Gasteiger partial charge in [0.1, 0.15) is 11.4 Å². The molecule has 0 saturated carbocycles. The first-order chi connectivity index (χ1) is 14.2. The van der Waals surface area contributed by atoms with Crippen LogP contribution in [0.2, 0.25) is 0 Å². The second-order valence-corrected chi connectivity index (χ2v) is 9.03. The average molecular weight is 433 g/mol. The number of amides is 1. The van der Waals surface area contributed by atoms with Gasteiger partial charge in [0.2, 0.25) is 0 Å². The summed E-state index contributed by atoms with van der Waals surface area (Å²) in [6, 6.07) is 9.48. The topological polar surface area (TPSA) is 143 Å². The first-order valence-electron chi connectivity index (χ1n) is 9.49. The summed E-state index contributed by atoms with van der Waals surface area (Å²) in [7, 11) is -2.60. The van der Waals surface area contributed by atoms with Crippen molar-refractivity contribution in [1.29, 1.82) is 0 Å². The molecular weight excluding hydrogens is 410 g/mol. The number of benzene rings is 1. The maximum absolute atomic E-state index is 13.0. The smallest absolute Gasteiger partial charge is 0.270 e. The first kappa shape index (κ1) is 20.5. The Morgan fingerprint density at radius 2 is 2.13 bits per heavy atom. The van der Waals surface area contributed by atoms with E-state index in [-0.39, 0.29) is 19.0 Å². The number of nitrogens with zero attached hydrogens (tertiary/aromatic N) is 3. The summed E-state index contributed by atoms with van der Waals surface area (Å²) in [5, 5.41) is 18.7. The molecule has 0 aliphatic carbocycles. The van der Waals surface area contributed by atoms with Gasteiger partial charge in [-0.05, 0) is 19.2 Å². The average Bonchev–Trinajstić information content (AvgIpc) is 3.33. The molecule has 1 atom stereocenters. The zero-order valence-electron chi connectivity index (χ0n) is 16.4. The van der Waals surface area contributed by atoms with Gasteiger partial charge < -0.3 is 15.0 Å². The third-order valence-corrected chi connectivity index (χ3v) is 6.08. The van der Waals surface area contributed by atoms with Crippen molar-refractivity contribution >= 4 is 26.9 Å². The van der Waals surface area contributed by atoms with E-state index in [1.165, 1.54) is 11.9 Å². The van der Waals surface area contributed by atoms with Gasteiger partial charge in [0.15, 0.2) is 6.23 Å². The van der Waals surface area contributed by atoms with E-state index in [4.69, 9.17) is 4.55 Å². The predicted octanol–water partition coefficient (Wildman–Crippen LogP) is 0.900. The fourth-order valence-corrected chi connectivity index (χ4v) is 4.17. The van der Waals surface area contributed by atoms with Crippen LogP contribution < -0.4 is 0 Å². The lowest BCUT2D eigenvalue weighted by Crippen LogP contribution is -2.37. The second-order valence-electron chi connectivity index (χ2n) is 7.45. The van der Waals surface area contributed by atoms with Gasteiger partial charge in [0, 0.05) is 48.2 Å². The Kier molecular flexibility index (Phi) is 5.36. The minimum Gasteiger partial charge on any atom is -0.372 e. The maximum atomic E-state index is 13.0. The highest BCUT2D eigenvalue weighted by Gasteiger charge is 2.30. The number of hydrogen-bond donors (Lipinski definition) is 4. The normalized spacial score (nSPS) is 15.5. The predicted molar refractivity (Wildman–Crippen MR) is 109 cm³/mol. The highest BCUT2D eigenvalue weighted by atomic mass is 32.2. The molecule has 1 unspecified atom stereocenters. The van der Waals surface area contributed by atoms with Gasteiger partial charge in [-0.2, -0.15) is 13.5 Å². The van der Waals surface area contributed by atoms with E-state index < -0.39 is 22.1 Å². The molecule has 30 heavy (non-hydrogen) atoms. The highest BCUT2D eigenvalue weighted by molar-refractivity contribution is 7.85. The summed E-state index contributed by atoms with van der Waals surface area (Å²) in [5.74, 6) is -0.642. The minimum atomic E-state index is -4.14. The third kappa shape index (κ3) is 4.10. The SMILES string of the molecule is CN(CCS(=O)(=O)O)C(O)c1n[nH]c2c1CN(C(=O)c1cc3ccccc3[nH]1)CC2. The summed E-state index contributed by atoms with van der Waals surface area (Å²) in [6.45, 7) is 0.718. The van der Waals surface area contributed by atoms with Crippen molar-refractivity contribution in [2.24, 2.45) is 0 Å². The van der Waals surface area contributed by atoms with Crippen molar-refractivity contribution in [3.63, 3.8) is 0 Å². The number of fused-ring (bicyclic) bond motifs is 2. The molecule has 1 amide bonds. The molecule has 0 spiro atoms. The van der Waals surface area contributed by atoms with E-state index in [1.807, 2.05) is 30.3 Å². The van der Waals surface area contributed by atoms with Crippen molar-refractivity contribution in [3.05, 3.63) is 53.0 Å². The maximum Gasteiger partial charge on any atom is 0.270 e. The van der Waals surface area contributed by atoms with Crippen molar-refractivity contribution in [1.82, 2.24) is 25.0 Å². The quantitative estimate of drug-likeness (QED) is 0.334. The molecule has 4 N–H and O–H groups in total. The summed E-state index contributed by atoms with van der Waals surface area (Å²) < 4.78 is 30.9. The molecule has 0 saturated heterocycles. The third-order valence-electron chi connectivity index (χ3n) is 5.38. The van der Waals surface area contributed by atoms with E-state index >= 15 is 0 Å². The number of aliphatic hydroxyl groups is 1. The van der Waals surface area contributed by atoms with E-state index in [1.54, 1.807) is 4.90 Å². The number of aliphatic hydroxyl groups excluding tert-OH is 1. The summed E-state index contributed by atoms with van der Waals surface area (Å²) in [6.07, 6.45) is -0.606. The molecular formula is C19H23N5O5S. The molecule has 10 nitrogen and oxygen atoms in total. The van der Waals surface area contributed by atoms with Crippen LogP contribution in [0.15, 0.2) is 30.3 Å².